The van der Waals surface area contributed by atoms with Crippen LogP contribution in [0, 0.1) is 5.92 Å². The van der Waals surface area contributed by atoms with Gasteiger partial charge in [0.25, 0.3) is 0 Å². The van der Waals surface area contributed by atoms with Gasteiger partial charge in [-0.1, -0.05) is 15.9 Å². The molecule has 0 saturated carbocycles. The molecule has 2 rings (SSSR count). The second-order valence-electron chi connectivity index (χ2n) is 4.85. The molecule has 0 unspecified atom stereocenters. The number of primary amides is 1. The maximum atomic E-state index is 11.1. The van der Waals surface area contributed by atoms with Crippen LogP contribution in [0.2, 0.25) is 0 Å². The average molecular weight is 312 g/mol. The summed E-state index contributed by atoms with van der Waals surface area (Å²) in [5.41, 5.74) is 13.1. The van der Waals surface area contributed by atoms with Crippen molar-refractivity contribution in [1.29, 1.82) is 0 Å². The third-order valence-electron chi connectivity index (χ3n) is 3.38. The Morgan fingerprint density at radius 2 is 2.00 bits per heavy atom. The molecule has 0 radical (unpaired) electrons. The first kappa shape index (κ1) is 13.4. The molecule has 1 aliphatic heterocycles. The SMILES string of the molecule is NC(=O)C1CCN(Cc2cc(N)cc(Br)c2)CC1. The molecule has 1 aliphatic rings. The first-order chi connectivity index (χ1) is 8.54. The van der Waals surface area contributed by atoms with Crippen LogP contribution in [0.4, 0.5) is 5.69 Å². The number of hydrogen-bond acceptors (Lipinski definition) is 3. The van der Waals surface area contributed by atoms with E-state index in [0.717, 1.165) is 42.6 Å². The third-order valence-corrected chi connectivity index (χ3v) is 3.83. The van der Waals surface area contributed by atoms with E-state index in [1.807, 2.05) is 12.1 Å². The van der Waals surface area contributed by atoms with Crippen molar-refractivity contribution >= 4 is 27.5 Å². The molecule has 0 aromatic heterocycles. The Hall–Kier alpha value is -1.07. The van der Waals surface area contributed by atoms with Gasteiger partial charge in [-0.3, -0.25) is 9.69 Å². The van der Waals surface area contributed by atoms with Crippen LogP contribution in [0.25, 0.3) is 0 Å². The molecule has 18 heavy (non-hydrogen) atoms. The Labute approximate surface area is 115 Å². The van der Waals surface area contributed by atoms with Gasteiger partial charge >= 0.3 is 0 Å². The molecule has 0 spiro atoms. The van der Waals surface area contributed by atoms with E-state index in [0.29, 0.717) is 0 Å². The molecule has 1 heterocycles. The number of likely N-dealkylation sites (tertiary alicyclic amines) is 1. The van der Waals surface area contributed by atoms with Crippen LogP contribution < -0.4 is 11.5 Å². The lowest BCUT2D eigenvalue weighted by Crippen LogP contribution is -2.38. The van der Waals surface area contributed by atoms with Gasteiger partial charge in [0, 0.05) is 22.6 Å². The topological polar surface area (TPSA) is 72.4 Å². The molecule has 1 aromatic rings. The van der Waals surface area contributed by atoms with Crippen molar-refractivity contribution in [2.45, 2.75) is 19.4 Å². The molecule has 4 N–H and O–H groups in total. The molecule has 4 nitrogen and oxygen atoms in total. The van der Waals surface area contributed by atoms with Crippen molar-refractivity contribution in [2.75, 3.05) is 18.8 Å². The second-order valence-corrected chi connectivity index (χ2v) is 5.76. The number of amides is 1. The summed E-state index contributed by atoms with van der Waals surface area (Å²) in [6.45, 7) is 2.70. The summed E-state index contributed by atoms with van der Waals surface area (Å²) in [4.78, 5) is 13.4. The molecular weight excluding hydrogens is 294 g/mol. The van der Waals surface area contributed by atoms with Crippen LogP contribution >= 0.6 is 15.9 Å². The number of carbonyl (C=O) groups is 1. The molecule has 0 aliphatic carbocycles. The number of hydrogen-bond donors (Lipinski definition) is 2. The van der Waals surface area contributed by atoms with Crippen LogP contribution in [0.1, 0.15) is 18.4 Å². The van der Waals surface area contributed by atoms with Crippen molar-refractivity contribution < 1.29 is 4.79 Å². The monoisotopic (exact) mass is 311 g/mol. The second kappa shape index (κ2) is 5.71. The molecular formula is C13H18BrN3O. The Bertz CT molecular complexity index is 422. The van der Waals surface area contributed by atoms with E-state index in [1.54, 1.807) is 0 Å². The summed E-state index contributed by atoms with van der Waals surface area (Å²) in [5.74, 6) is -0.116. The molecule has 0 bridgehead atoms. The Morgan fingerprint density at radius 3 is 2.56 bits per heavy atom. The largest absolute Gasteiger partial charge is 0.399 e. The summed E-state index contributed by atoms with van der Waals surface area (Å²) in [7, 11) is 0. The summed E-state index contributed by atoms with van der Waals surface area (Å²) >= 11 is 3.45. The minimum Gasteiger partial charge on any atom is -0.399 e. The highest BCUT2D eigenvalue weighted by Crippen LogP contribution is 2.22. The number of rotatable bonds is 3. The van der Waals surface area contributed by atoms with Gasteiger partial charge in [-0.25, -0.2) is 0 Å². The van der Waals surface area contributed by atoms with Gasteiger partial charge in [0.1, 0.15) is 0 Å². The lowest BCUT2D eigenvalue weighted by Gasteiger charge is -2.30. The van der Waals surface area contributed by atoms with Gasteiger partial charge in [0.2, 0.25) is 5.91 Å². The normalized spacial score (nSPS) is 17.8. The maximum absolute atomic E-state index is 11.1. The van der Waals surface area contributed by atoms with Gasteiger partial charge in [0.15, 0.2) is 0 Å². The summed E-state index contributed by atoms with van der Waals surface area (Å²) < 4.78 is 1.00. The van der Waals surface area contributed by atoms with E-state index in [1.165, 1.54) is 5.56 Å². The Kier molecular flexibility index (Phi) is 4.24. The summed E-state index contributed by atoms with van der Waals surface area (Å²) in [6.07, 6.45) is 1.72. The number of piperidine rings is 1. The van der Waals surface area contributed by atoms with Gasteiger partial charge in [-0.05, 0) is 49.7 Å². The minimum absolute atomic E-state index is 0.0498. The van der Waals surface area contributed by atoms with Crippen LogP contribution in [0.5, 0.6) is 0 Å². The van der Waals surface area contributed by atoms with Crippen molar-refractivity contribution in [3.63, 3.8) is 0 Å². The fourth-order valence-corrected chi connectivity index (χ4v) is 2.96. The number of carbonyl (C=O) groups excluding carboxylic acids is 1. The zero-order valence-electron chi connectivity index (χ0n) is 10.2. The first-order valence-corrected chi connectivity index (χ1v) is 6.90. The summed E-state index contributed by atoms with van der Waals surface area (Å²) in [6, 6.07) is 5.96. The number of nitrogens with zero attached hydrogens (tertiary/aromatic N) is 1. The van der Waals surface area contributed by atoms with Gasteiger partial charge in [0.05, 0.1) is 0 Å². The average Bonchev–Trinajstić information content (AvgIpc) is 2.28. The predicted molar refractivity (Wildman–Crippen MR) is 75.7 cm³/mol. The lowest BCUT2D eigenvalue weighted by atomic mass is 9.96. The van der Waals surface area contributed by atoms with E-state index < -0.39 is 0 Å². The Morgan fingerprint density at radius 1 is 1.33 bits per heavy atom. The first-order valence-electron chi connectivity index (χ1n) is 6.11. The number of nitrogens with two attached hydrogens (primary N) is 2. The fraction of sp³-hybridized carbons (Fsp3) is 0.462. The molecule has 0 atom stereocenters. The van der Waals surface area contributed by atoms with E-state index in [9.17, 15) is 4.79 Å². The number of nitrogen functional groups attached to an aromatic ring is 1. The molecule has 1 aromatic carbocycles. The highest BCUT2D eigenvalue weighted by Gasteiger charge is 2.22. The van der Waals surface area contributed by atoms with E-state index in [-0.39, 0.29) is 11.8 Å². The smallest absolute Gasteiger partial charge is 0.220 e. The third kappa shape index (κ3) is 3.46. The minimum atomic E-state index is -0.165. The van der Waals surface area contributed by atoms with Gasteiger partial charge in [-0.2, -0.15) is 0 Å². The summed E-state index contributed by atoms with van der Waals surface area (Å²) in [5, 5.41) is 0. The van der Waals surface area contributed by atoms with Crippen LogP contribution in [0.3, 0.4) is 0 Å². The highest BCUT2D eigenvalue weighted by molar-refractivity contribution is 9.10. The van der Waals surface area contributed by atoms with Crippen LogP contribution in [0.15, 0.2) is 22.7 Å². The van der Waals surface area contributed by atoms with Crippen LogP contribution in [-0.2, 0) is 11.3 Å². The maximum Gasteiger partial charge on any atom is 0.220 e. The molecule has 1 saturated heterocycles. The van der Waals surface area contributed by atoms with Crippen molar-refractivity contribution in [2.24, 2.45) is 11.7 Å². The molecule has 1 fully saturated rings. The predicted octanol–water partition coefficient (Wildman–Crippen LogP) is 1.73. The Balaban J connectivity index is 1.93. The molecule has 1 amide bonds. The van der Waals surface area contributed by atoms with Crippen LogP contribution in [-0.4, -0.2) is 23.9 Å². The lowest BCUT2D eigenvalue weighted by molar-refractivity contribution is -0.123. The molecule has 98 valence electrons. The number of anilines is 1. The molecule has 5 heteroatoms. The van der Waals surface area contributed by atoms with Crippen molar-refractivity contribution in [3.05, 3.63) is 28.2 Å². The zero-order valence-corrected chi connectivity index (χ0v) is 11.8. The zero-order chi connectivity index (χ0) is 13.1. The van der Waals surface area contributed by atoms with Gasteiger partial charge in [-0.15, -0.1) is 0 Å². The highest BCUT2D eigenvalue weighted by atomic mass is 79.9. The van der Waals surface area contributed by atoms with E-state index >= 15 is 0 Å². The number of halogens is 1. The van der Waals surface area contributed by atoms with Crippen molar-refractivity contribution in [3.8, 4) is 0 Å². The van der Waals surface area contributed by atoms with E-state index in [2.05, 4.69) is 26.9 Å². The van der Waals surface area contributed by atoms with Crippen molar-refractivity contribution in [1.82, 2.24) is 4.90 Å². The fourth-order valence-electron chi connectivity index (χ4n) is 2.40. The van der Waals surface area contributed by atoms with E-state index in [4.69, 9.17) is 11.5 Å². The van der Waals surface area contributed by atoms with Gasteiger partial charge < -0.3 is 11.5 Å². The number of benzene rings is 1. The quantitative estimate of drug-likeness (QED) is 0.835. The standard InChI is InChI=1S/C13H18BrN3O/c14-11-5-9(6-12(15)7-11)8-17-3-1-10(2-4-17)13(16)18/h5-7,10H,1-4,8,15H2,(H2,16,18).